The zero-order valence-electron chi connectivity index (χ0n) is 17.1. The fourth-order valence-electron chi connectivity index (χ4n) is 3.36. The van der Waals surface area contributed by atoms with Gasteiger partial charge in [0.2, 0.25) is 0 Å². The Labute approximate surface area is 175 Å². The summed E-state index contributed by atoms with van der Waals surface area (Å²) in [4.78, 5) is 24.4. The van der Waals surface area contributed by atoms with Crippen molar-refractivity contribution >= 4 is 33.9 Å². The van der Waals surface area contributed by atoms with Gasteiger partial charge in [0, 0.05) is 24.4 Å². The molecule has 1 aromatic carbocycles. The summed E-state index contributed by atoms with van der Waals surface area (Å²) < 4.78 is 5.49. The number of carbonyl (C=O) groups excluding carboxylic acids is 1. The number of anilines is 2. The van der Waals surface area contributed by atoms with Crippen molar-refractivity contribution in [2.24, 2.45) is 5.92 Å². The molecular formula is C22H28N2O4S. The van der Waals surface area contributed by atoms with Crippen molar-refractivity contribution in [1.29, 1.82) is 0 Å². The Morgan fingerprint density at radius 3 is 2.55 bits per heavy atom. The normalized spacial score (nSPS) is 17.0. The molecule has 0 radical (unpaired) electrons. The van der Waals surface area contributed by atoms with Gasteiger partial charge in [-0.25, -0.2) is 4.79 Å². The molecule has 0 spiro atoms. The number of hydrogen-bond acceptors (Lipinski definition) is 5. The van der Waals surface area contributed by atoms with Gasteiger partial charge in [-0.05, 0) is 59.4 Å². The molecular weight excluding hydrogens is 388 g/mol. The molecule has 0 aliphatic carbocycles. The maximum absolute atomic E-state index is 12.6. The van der Waals surface area contributed by atoms with E-state index in [0.717, 1.165) is 43.9 Å². The summed E-state index contributed by atoms with van der Waals surface area (Å²) in [5.41, 5.74) is 2.01. The first-order chi connectivity index (χ1) is 13.8. The number of aromatic carboxylic acids is 1. The molecule has 0 bridgehead atoms. The lowest BCUT2D eigenvalue weighted by Crippen LogP contribution is -2.24. The van der Waals surface area contributed by atoms with Gasteiger partial charge in [-0.3, -0.25) is 4.79 Å². The van der Waals surface area contributed by atoms with Crippen molar-refractivity contribution < 1.29 is 19.4 Å². The van der Waals surface area contributed by atoms with Gasteiger partial charge in [0.05, 0.1) is 12.2 Å². The van der Waals surface area contributed by atoms with Gasteiger partial charge in [0.25, 0.3) is 5.91 Å². The zero-order chi connectivity index (χ0) is 21.0. The van der Waals surface area contributed by atoms with E-state index in [1.54, 1.807) is 17.5 Å². The van der Waals surface area contributed by atoms with Gasteiger partial charge in [-0.15, -0.1) is 11.3 Å². The third-order valence-electron chi connectivity index (χ3n) is 5.04. The SMILES string of the molecule is CC(C)(C)c1csc(NC(=O)c2ccc(NCC3CCCOC3)cc2)c1C(=O)O. The summed E-state index contributed by atoms with van der Waals surface area (Å²) in [6.45, 7) is 8.36. The fourth-order valence-corrected chi connectivity index (χ4v) is 4.53. The Morgan fingerprint density at radius 1 is 1.24 bits per heavy atom. The highest BCUT2D eigenvalue weighted by Gasteiger charge is 2.27. The van der Waals surface area contributed by atoms with E-state index in [1.165, 1.54) is 11.3 Å². The van der Waals surface area contributed by atoms with Crippen LogP contribution in [0.15, 0.2) is 29.6 Å². The van der Waals surface area contributed by atoms with Crippen molar-refractivity contribution in [3.63, 3.8) is 0 Å². The quantitative estimate of drug-likeness (QED) is 0.627. The minimum atomic E-state index is -1.03. The van der Waals surface area contributed by atoms with E-state index in [1.807, 2.05) is 32.9 Å². The number of hydrogen-bond donors (Lipinski definition) is 3. The topological polar surface area (TPSA) is 87.7 Å². The second kappa shape index (κ2) is 8.97. The van der Waals surface area contributed by atoms with Crippen LogP contribution in [0.25, 0.3) is 0 Å². The summed E-state index contributed by atoms with van der Waals surface area (Å²) >= 11 is 1.24. The van der Waals surface area contributed by atoms with Crippen LogP contribution in [-0.2, 0) is 10.2 Å². The molecule has 156 valence electrons. The van der Waals surface area contributed by atoms with E-state index >= 15 is 0 Å². The van der Waals surface area contributed by atoms with Gasteiger partial charge in [0.15, 0.2) is 0 Å². The highest BCUT2D eigenvalue weighted by Crippen LogP contribution is 2.36. The van der Waals surface area contributed by atoms with Crippen LogP contribution in [0.2, 0.25) is 0 Å². The third kappa shape index (κ3) is 5.36. The first kappa shape index (κ1) is 21.3. The Hall–Kier alpha value is -2.38. The fraction of sp³-hybridized carbons (Fsp3) is 0.455. The van der Waals surface area contributed by atoms with Crippen LogP contribution in [0.1, 0.15) is 59.9 Å². The number of thiophene rings is 1. The highest BCUT2D eigenvalue weighted by molar-refractivity contribution is 7.15. The Balaban J connectivity index is 1.65. The van der Waals surface area contributed by atoms with E-state index < -0.39 is 5.97 Å². The molecule has 1 atom stereocenters. The number of amides is 1. The summed E-state index contributed by atoms with van der Waals surface area (Å²) in [6, 6.07) is 7.22. The van der Waals surface area contributed by atoms with Crippen molar-refractivity contribution in [3.05, 3.63) is 46.3 Å². The number of carboxylic acids is 1. The van der Waals surface area contributed by atoms with Crippen LogP contribution in [0.4, 0.5) is 10.7 Å². The molecule has 29 heavy (non-hydrogen) atoms. The monoisotopic (exact) mass is 416 g/mol. The number of benzene rings is 1. The predicted molar refractivity (Wildman–Crippen MR) is 116 cm³/mol. The van der Waals surface area contributed by atoms with E-state index in [4.69, 9.17) is 4.74 Å². The zero-order valence-corrected chi connectivity index (χ0v) is 17.9. The Kier molecular flexibility index (Phi) is 6.59. The number of nitrogens with one attached hydrogen (secondary N) is 2. The second-order valence-corrected chi connectivity index (χ2v) is 9.28. The Bertz CT molecular complexity index is 862. The molecule has 1 unspecified atom stereocenters. The van der Waals surface area contributed by atoms with Crippen molar-refractivity contribution in [2.75, 3.05) is 30.4 Å². The largest absolute Gasteiger partial charge is 0.478 e. The van der Waals surface area contributed by atoms with Crippen molar-refractivity contribution in [1.82, 2.24) is 0 Å². The molecule has 6 nitrogen and oxygen atoms in total. The summed E-state index contributed by atoms with van der Waals surface area (Å²) in [7, 11) is 0. The van der Waals surface area contributed by atoms with Crippen LogP contribution in [0, 0.1) is 5.92 Å². The van der Waals surface area contributed by atoms with E-state index in [2.05, 4.69) is 10.6 Å². The molecule has 1 aromatic heterocycles. The lowest BCUT2D eigenvalue weighted by molar-refractivity contribution is 0.0595. The van der Waals surface area contributed by atoms with Crippen LogP contribution >= 0.6 is 11.3 Å². The first-order valence-electron chi connectivity index (χ1n) is 9.84. The van der Waals surface area contributed by atoms with Crippen LogP contribution in [-0.4, -0.2) is 36.7 Å². The van der Waals surface area contributed by atoms with Gasteiger partial charge >= 0.3 is 5.97 Å². The summed E-state index contributed by atoms with van der Waals surface area (Å²) in [5.74, 6) is -0.836. The second-order valence-electron chi connectivity index (χ2n) is 8.40. The van der Waals surface area contributed by atoms with Crippen molar-refractivity contribution in [3.8, 4) is 0 Å². The Morgan fingerprint density at radius 2 is 1.97 bits per heavy atom. The lowest BCUT2D eigenvalue weighted by atomic mass is 9.86. The molecule has 1 saturated heterocycles. The average Bonchev–Trinajstić information content (AvgIpc) is 3.12. The van der Waals surface area contributed by atoms with Crippen LogP contribution in [0.3, 0.4) is 0 Å². The van der Waals surface area contributed by atoms with E-state index in [-0.39, 0.29) is 16.9 Å². The standard InChI is InChI=1S/C22H28N2O4S/c1-22(2,3)17-13-29-20(18(17)21(26)27)24-19(25)15-6-8-16(9-7-15)23-11-14-5-4-10-28-12-14/h6-9,13-14,23H,4-5,10-12H2,1-3H3,(H,24,25)(H,26,27). The molecule has 1 aliphatic heterocycles. The maximum atomic E-state index is 12.6. The molecule has 3 rings (SSSR count). The lowest BCUT2D eigenvalue weighted by Gasteiger charge is -2.22. The third-order valence-corrected chi connectivity index (χ3v) is 5.93. The predicted octanol–water partition coefficient (Wildman–Crippen LogP) is 4.83. The average molecular weight is 417 g/mol. The molecule has 7 heteroatoms. The summed E-state index contributed by atoms with van der Waals surface area (Å²) in [6.07, 6.45) is 2.26. The van der Waals surface area contributed by atoms with Gasteiger partial charge in [-0.2, -0.15) is 0 Å². The van der Waals surface area contributed by atoms with Crippen LogP contribution < -0.4 is 10.6 Å². The molecule has 1 aliphatic rings. The van der Waals surface area contributed by atoms with Gasteiger partial charge in [-0.1, -0.05) is 20.8 Å². The molecule has 1 fully saturated rings. The molecule has 0 saturated carbocycles. The van der Waals surface area contributed by atoms with E-state index in [9.17, 15) is 14.7 Å². The smallest absolute Gasteiger partial charge is 0.339 e. The molecule has 2 aromatic rings. The minimum Gasteiger partial charge on any atom is -0.478 e. The van der Waals surface area contributed by atoms with Gasteiger partial charge in [0.1, 0.15) is 5.00 Å². The number of carbonyl (C=O) groups is 2. The maximum Gasteiger partial charge on any atom is 0.339 e. The van der Waals surface area contributed by atoms with Crippen LogP contribution in [0.5, 0.6) is 0 Å². The number of carboxylic acid groups (broad SMARTS) is 1. The molecule has 1 amide bonds. The van der Waals surface area contributed by atoms with Crippen molar-refractivity contribution in [2.45, 2.75) is 39.0 Å². The highest BCUT2D eigenvalue weighted by atomic mass is 32.1. The summed E-state index contributed by atoms with van der Waals surface area (Å²) in [5, 5.41) is 17.9. The molecule has 3 N–H and O–H groups in total. The molecule has 2 heterocycles. The minimum absolute atomic E-state index is 0.170. The number of ether oxygens (including phenoxy) is 1. The first-order valence-corrected chi connectivity index (χ1v) is 10.7. The van der Waals surface area contributed by atoms with Gasteiger partial charge < -0.3 is 20.5 Å². The number of rotatable bonds is 6. The van der Waals surface area contributed by atoms with E-state index in [0.29, 0.717) is 16.5 Å².